The molecule has 4 rings (SSSR count). The number of aromatic nitrogens is 1. The summed E-state index contributed by atoms with van der Waals surface area (Å²) in [6, 6.07) is 10.3. The molecule has 6 heteroatoms. The average molecular weight is 309 g/mol. The third-order valence-electron chi connectivity index (χ3n) is 3.90. The maximum Gasteiger partial charge on any atom is 0.494 e. The van der Waals surface area contributed by atoms with Crippen LogP contribution in [0.4, 0.5) is 0 Å². The lowest BCUT2D eigenvalue weighted by molar-refractivity contribution is 0.0343. The van der Waals surface area contributed by atoms with E-state index in [9.17, 15) is 4.79 Å². The minimum Gasteiger partial charge on any atom is -0.453 e. The van der Waals surface area contributed by atoms with Gasteiger partial charge in [0.2, 0.25) is 0 Å². The van der Waals surface area contributed by atoms with Crippen molar-refractivity contribution >= 4 is 23.7 Å². The van der Waals surface area contributed by atoms with E-state index in [0.717, 1.165) is 11.0 Å². The van der Waals surface area contributed by atoms with Crippen LogP contribution < -0.4 is 10.9 Å². The van der Waals surface area contributed by atoms with Crippen LogP contribution in [0.1, 0.15) is 13.8 Å². The topological polar surface area (TPSA) is 61.6 Å². The largest absolute Gasteiger partial charge is 0.494 e. The van der Waals surface area contributed by atoms with Crippen molar-refractivity contribution in [2.75, 3.05) is 13.2 Å². The summed E-state index contributed by atoms with van der Waals surface area (Å²) >= 11 is 0. The summed E-state index contributed by atoms with van der Waals surface area (Å²) in [7, 11) is -0.399. The highest BCUT2D eigenvalue weighted by Crippen LogP contribution is 2.24. The highest BCUT2D eigenvalue weighted by Gasteiger charge is 2.33. The Bertz CT molecular complexity index is 895. The van der Waals surface area contributed by atoms with E-state index in [1.54, 1.807) is 6.07 Å². The van der Waals surface area contributed by atoms with Gasteiger partial charge in [-0.15, -0.1) is 0 Å². The second-order valence-corrected chi connectivity index (χ2v) is 6.69. The fourth-order valence-corrected chi connectivity index (χ4v) is 2.65. The Labute approximate surface area is 133 Å². The monoisotopic (exact) mass is 309 g/mol. The van der Waals surface area contributed by atoms with Crippen LogP contribution in [0.3, 0.4) is 0 Å². The van der Waals surface area contributed by atoms with Gasteiger partial charge in [-0.25, -0.2) is 4.98 Å². The second kappa shape index (κ2) is 5.18. The van der Waals surface area contributed by atoms with E-state index in [0.29, 0.717) is 30.3 Å². The zero-order valence-corrected chi connectivity index (χ0v) is 13.0. The van der Waals surface area contributed by atoms with E-state index in [2.05, 4.69) is 18.8 Å². The van der Waals surface area contributed by atoms with Crippen LogP contribution >= 0.6 is 0 Å². The lowest BCUT2D eigenvalue weighted by Gasteiger charge is -2.33. The van der Waals surface area contributed by atoms with Gasteiger partial charge in [-0.3, -0.25) is 4.79 Å². The van der Waals surface area contributed by atoms with E-state index < -0.39 is 7.12 Å². The molecule has 116 valence electrons. The van der Waals surface area contributed by atoms with Crippen molar-refractivity contribution in [2.45, 2.75) is 13.8 Å². The molecule has 2 aliphatic heterocycles. The molecule has 0 spiro atoms. The van der Waals surface area contributed by atoms with Gasteiger partial charge < -0.3 is 13.7 Å². The van der Waals surface area contributed by atoms with Gasteiger partial charge in [-0.2, -0.15) is 0 Å². The molecule has 5 nitrogen and oxygen atoms in total. The van der Waals surface area contributed by atoms with E-state index in [1.807, 2.05) is 18.2 Å². The quantitative estimate of drug-likeness (QED) is 0.508. The molecular formula is C17H16BNO4. The Balaban J connectivity index is 1.74. The molecule has 1 saturated heterocycles. The number of nitrogens with zero attached hydrogens (tertiary/aromatic N) is 1. The smallest absolute Gasteiger partial charge is 0.453 e. The molecule has 0 aromatic heterocycles. The molecule has 0 radical (unpaired) electrons. The molecule has 0 N–H and O–H groups in total. The van der Waals surface area contributed by atoms with Crippen molar-refractivity contribution in [1.29, 1.82) is 0 Å². The maximum atomic E-state index is 11.5. The van der Waals surface area contributed by atoms with Crippen LogP contribution in [0, 0.1) is 5.41 Å². The Morgan fingerprint density at radius 1 is 1.09 bits per heavy atom. The Morgan fingerprint density at radius 2 is 1.87 bits per heavy atom. The van der Waals surface area contributed by atoms with Crippen molar-refractivity contribution in [3.8, 4) is 11.5 Å². The molecule has 23 heavy (non-hydrogen) atoms. The lowest BCUT2D eigenvalue weighted by atomic mass is 9.76. The minimum atomic E-state index is -0.399. The van der Waals surface area contributed by atoms with Gasteiger partial charge in [-0.05, 0) is 29.7 Å². The van der Waals surface area contributed by atoms with Crippen LogP contribution in [-0.2, 0) is 9.31 Å². The molecule has 0 amide bonds. The molecule has 1 aliphatic carbocycles. The number of hydrogen-bond acceptors (Lipinski definition) is 5. The Kier molecular flexibility index (Phi) is 3.25. The molecular weight excluding hydrogens is 293 g/mol. The van der Waals surface area contributed by atoms with Crippen LogP contribution in [0.2, 0.25) is 0 Å². The Morgan fingerprint density at radius 3 is 2.65 bits per heavy atom. The lowest BCUT2D eigenvalue weighted by Crippen LogP contribution is -2.47. The molecule has 0 saturated carbocycles. The summed E-state index contributed by atoms with van der Waals surface area (Å²) in [5.41, 5.74) is 2.82. The highest BCUT2D eigenvalue weighted by molar-refractivity contribution is 6.61. The molecule has 1 fully saturated rings. The molecule has 1 aromatic rings. The van der Waals surface area contributed by atoms with Gasteiger partial charge >= 0.3 is 7.12 Å². The number of benzene rings is 2. The van der Waals surface area contributed by atoms with E-state index >= 15 is 0 Å². The van der Waals surface area contributed by atoms with E-state index in [-0.39, 0.29) is 10.8 Å². The zero-order chi connectivity index (χ0) is 16.0. The van der Waals surface area contributed by atoms with E-state index in [4.69, 9.17) is 13.7 Å². The number of fused-ring (bicyclic) bond motifs is 2. The van der Waals surface area contributed by atoms with Gasteiger partial charge in [0.25, 0.3) is 0 Å². The average Bonchev–Trinajstić information content (AvgIpc) is 2.52. The first-order valence-electron chi connectivity index (χ1n) is 7.58. The first-order valence-corrected chi connectivity index (χ1v) is 7.58. The summed E-state index contributed by atoms with van der Waals surface area (Å²) in [5.74, 6) is 0.480. The standard InChI is InChI=1S/C17H16BNO4/c1-17(2)9-21-18(22-10-17)11-3-5-13-15(7-11)23-16-8-12(20)4-6-14(16)19-13/h3-8H,9-10H2,1-2H3. The van der Waals surface area contributed by atoms with Gasteiger partial charge in [0.05, 0.1) is 0 Å². The summed E-state index contributed by atoms with van der Waals surface area (Å²) in [6.07, 6.45) is 0. The third-order valence-corrected chi connectivity index (χ3v) is 3.90. The van der Waals surface area contributed by atoms with Gasteiger partial charge in [-0.1, -0.05) is 19.9 Å². The highest BCUT2D eigenvalue weighted by atomic mass is 16.6. The van der Waals surface area contributed by atoms with Crippen LogP contribution in [-0.4, -0.2) is 25.3 Å². The van der Waals surface area contributed by atoms with Crippen molar-refractivity contribution in [3.05, 3.63) is 46.6 Å². The fraction of sp³-hybridized carbons (Fsp3) is 0.294. The van der Waals surface area contributed by atoms with Gasteiger partial charge in [0, 0.05) is 24.7 Å². The summed E-state index contributed by atoms with van der Waals surface area (Å²) in [5, 5.41) is 0. The first kappa shape index (κ1) is 14.4. The SMILES string of the molecule is CC1(C)COB(c2ccc3nc4ccc(=O)cc-4oc3c2)OC1. The zero-order valence-electron chi connectivity index (χ0n) is 13.0. The predicted molar refractivity (Wildman–Crippen MR) is 88.0 cm³/mol. The van der Waals surface area contributed by atoms with Crippen molar-refractivity contribution in [1.82, 2.24) is 4.98 Å². The predicted octanol–water partition coefficient (Wildman–Crippen LogP) is 2.06. The third kappa shape index (κ3) is 2.75. The van der Waals surface area contributed by atoms with Gasteiger partial charge in [0.1, 0.15) is 11.2 Å². The van der Waals surface area contributed by atoms with Crippen LogP contribution in [0.5, 0.6) is 0 Å². The molecule has 1 aromatic carbocycles. The van der Waals surface area contributed by atoms with Crippen molar-refractivity contribution < 1.29 is 13.7 Å². The summed E-state index contributed by atoms with van der Waals surface area (Å²) < 4.78 is 17.4. The van der Waals surface area contributed by atoms with Crippen molar-refractivity contribution in [3.63, 3.8) is 0 Å². The van der Waals surface area contributed by atoms with Crippen LogP contribution in [0.25, 0.3) is 22.6 Å². The Hall–Kier alpha value is -2.18. The minimum absolute atomic E-state index is 0.0278. The molecule has 2 heterocycles. The molecule has 3 aliphatic rings. The molecule has 0 bridgehead atoms. The van der Waals surface area contributed by atoms with Crippen molar-refractivity contribution in [2.24, 2.45) is 5.41 Å². The second-order valence-electron chi connectivity index (χ2n) is 6.69. The molecule has 0 atom stereocenters. The number of hydrogen-bond donors (Lipinski definition) is 0. The normalized spacial score (nSPS) is 17.7. The number of rotatable bonds is 1. The van der Waals surface area contributed by atoms with Gasteiger partial charge in [0.15, 0.2) is 16.8 Å². The fourth-order valence-electron chi connectivity index (χ4n) is 2.65. The van der Waals surface area contributed by atoms with Crippen LogP contribution in [0.15, 0.2) is 45.6 Å². The molecule has 0 unspecified atom stereocenters. The summed E-state index contributed by atoms with van der Waals surface area (Å²) in [6.45, 7) is 5.50. The summed E-state index contributed by atoms with van der Waals surface area (Å²) in [4.78, 5) is 16.0. The maximum absolute atomic E-state index is 11.5. The van der Waals surface area contributed by atoms with E-state index in [1.165, 1.54) is 12.1 Å². The first-order chi connectivity index (χ1) is 11.0.